The van der Waals surface area contributed by atoms with E-state index in [0.29, 0.717) is 18.0 Å². The number of ether oxygens (including phenoxy) is 1. The van der Waals surface area contributed by atoms with Crippen molar-refractivity contribution in [3.63, 3.8) is 0 Å². The predicted molar refractivity (Wildman–Crippen MR) is 124 cm³/mol. The number of nitrogens with zero attached hydrogens (tertiary/aromatic N) is 4. The van der Waals surface area contributed by atoms with E-state index in [9.17, 15) is 0 Å². The van der Waals surface area contributed by atoms with Crippen LogP contribution in [0.25, 0.3) is 11.1 Å². The number of fused-ring (bicyclic) bond motifs is 1. The van der Waals surface area contributed by atoms with Gasteiger partial charge in [-0.05, 0) is 70.8 Å². The normalized spacial score (nSPS) is 19.3. The Balaban J connectivity index is 1.57. The predicted octanol–water partition coefficient (Wildman–Crippen LogP) is 4.74. The van der Waals surface area contributed by atoms with Gasteiger partial charge in [0.05, 0.1) is 12.2 Å². The first-order valence-corrected chi connectivity index (χ1v) is 11.4. The van der Waals surface area contributed by atoms with E-state index in [1.54, 1.807) is 0 Å². The molecule has 0 aliphatic carbocycles. The van der Waals surface area contributed by atoms with E-state index in [2.05, 4.69) is 52.2 Å². The highest BCUT2D eigenvalue weighted by Crippen LogP contribution is 2.44. The molecule has 162 valence electrons. The van der Waals surface area contributed by atoms with Gasteiger partial charge in [0.25, 0.3) is 0 Å². The van der Waals surface area contributed by atoms with Crippen molar-refractivity contribution in [2.45, 2.75) is 51.6 Å². The van der Waals surface area contributed by atoms with Gasteiger partial charge in [0.1, 0.15) is 5.75 Å². The Kier molecular flexibility index (Phi) is 5.40. The lowest BCUT2D eigenvalue weighted by Crippen LogP contribution is -2.33. The molecule has 5 rings (SSSR count). The van der Waals surface area contributed by atoms with Gasteiger partial charge in [-0.1, -0.05) is 6.07 Å². The van der Waals surface area contributed by atoms with Gasteiger partial charge in [-0.25, -0.2) is 4.98 Å². The zero-order valence-electron chi connectivity index (χ0n) is 18.6. The van der Waals surface area contributed by atoms with Crippen molar-refractivity contribution in [3.05, 3.63) is 54.0 Å². The van der Waals surface area contributed by atoms with Crippen LogP contribution in [0.2, 0.25) is 0 Å². The highest BCUT2D eigenvalue weighted by molar-refractivity contribution is 5.77. The molecule has 1 unspecified atom stereocenters. The summed E-state index contributed by atoms with van der Waals surface area (Å²) in [6, 6.07) is 11.3. The van der Waals surface area contributed by atoms with Gasteiger partial charge >= 0.3 is 0 Å². The average Bonchev–Trinajstić information content (AvgIpc) is 3.27. The topological polar surface area (TPSA) is 55.2 Å². The van der Waals surface area contributed by atoms with E-state index in [-0.39, 0.29) is 0 Å². The summed E-state index contributed by atoms with van der Waals surface area (Å²) in [5.41, 5.74) is 5.65. The van der Waals surface area contributed by atoms with Gasteiger partial charge in [0.2, 0.25) is 5.88 Å². The largest absolute Gasteiger partial charge is 0.438 e. The summed E-state index contributed by atoms with van der Waals surface area (Å²) in [5, 5.41) is 8.16. The SMILES string of the molecule is Cc1cccc(Oc2c(-c3cnn(C4CCNCC4)c3)ccc3c2CCC(C)N3C)n1. The molecule has 4 heterocycles. The summed E-state index contributed by atoms with van der Waals surface area (Å²) in [5.74, 6) is 1.56. The molecule has 0 bridgehead atoms. The molecule has 2 aliphatic rings. The van der Waals surface area contributed by atoms with Crippen LogP contribution >= 0.6 is 0 Å². The second kappa shape index (κ2) is 8.35. The zero-order valence-corrected chi connectivity index (χ0v) is 18.6. The number of aromatic nitrogens is 3. The highest BCUT2D eigenvalue weighted by atomic mass is 16.5. The summed E-state index contributed by atoms with van der Waals surface area (Å²) < 4.78 is 8.63. The van der Waals surface area contributed by atoms with Crippen molar-refractivity contribution >= 4 is 5.69 Å². The van der Waals surface area contributed by atoms with Gasteiger partial charge in [0.15, 0.2) is 0 Å². The van der Waals surface area contributed by atoms with Crippen LogP contribution in [0.15, 0.2) is 42.7 Å². The van der Waals surface area contributed by atoms with Crippen molar-refractivity contribution in [2.24, 2.45) is 0 Å². The second-order valence-corrected chi connectivity index (χ2v) is 8.85. The number of hydrogen-bond donors (Lipinski definition) is 1. The first-order valence-electron chi connectivity index (χ1n) is 11.4. The van der Waals surface area contributed by atoms with Crippen LogP contribution < -0.4 is 15.0 Å². The van der Waals surface area contributed by atoms with Gasteiger partial charge in [-0.2, -0.15) is 5.10 Å². The summed E-state index contributed by atoms with van der Waals surface area (Å²) in [7, 11) is 2.17. The molecule has 6 heteroatoms. The molecule has 1 aromatic carbocycles. The van der Waals surface area contributed by atoms with E-state index in [0.717, 1.165) is 61.3 Å². The van der Waals surface area contributed by atoms with Crippen LogP contribution in [-0.2, 0) is 6.42 Å². The van der Waals surface area contributed by atoms with Crippen LogP contribution in [0, 0.1) is 6.92 Å². The molecule has 2 aliphatic heterocycles. The summed E-state index contributed by atoms with van der Waals surface area (Å²) in [6.07, 6.45) is 8.51. The fourth-order valence-corrected chi connectivity index (χ4v) is 4.75. The first-order chi connectivity index (χ1) is 15.1. The van der Waals surface area contributed by atoms with Gasteiger partial charge in [-0.3, -0.25) is 4.68 Å². The smallest absolute Gasteiger partial charge is 0.219 e. The Morgan fingerprint density at radius 3 is 2.74 bits per heavy atom. The molecule has 31 heavy (non-hydrogen) atoms. The van der Waals surface area contributed by atoms with E-state index in [4.69, 9.17) is 9.84 Å². The zero-order chi connectivity index (χ0) is 21.4. The molecule has 1 N–H and O–H groups in total. The number of nitrogens with one attached hydrogen (secondary N) is 1. The van der Waals surface area contributed by atoms with Gasteiger partial charge in [-0.15, -0.1) is 0 Å². The molecule has 0 spiro atoms. The van der Waals surface area contributed by atoms with E-state index in [1.807, 2.05) is 31.3 Å². The number of anilines is 1. The minimum atomic E-state index is 0.461. The summed E-state index contributed by atoms with van der Waals surface area (Å²) in [6.45, 7) is 6.38. The lowest BCUT2D eigenvalue weighted by molar-refractivity contribution is 0.343. The number of pyridine rings is 1. The second-order valence-electron chi connectivity index (χ2n) is 8.85. The molecule has 1 atom stereocenters. The van der Waals surface area contributed by atoms with Crippen molar-refractivity contribution in [1.82, 2.24) is 20.1 Å². The first kappa shape index (κ1) is 20.1. The fourth-order valence-electron chi connectivity index (χ4n) is 4.75. The van der Waals surface area contributed by atoms with Crippen LogP contribution in [0.5, 0.6) is 11.6 Å². The third kappa shape index (κ3) is 3.92. The minimum absolute atomic E-state index is 0.461. The van der Waals surface area contributed by atoms with E-state index in [1.165, 1.54) is 11.3 Å². The monoisotopic (exact) mass is 417 g/mol. The molecule has 0 radical (unpaired) electrons. The Hall–Kier alpha value is -2.86. The Labute approximate surface area is 184 Å². The lowest BCUT2D eigenvalue weighted by atomic mass is 9.93. The third-order valence-electron chi connectivity index (χ3n) is 6.75. The quantitative estimate of drug-likeness (QED) is 0.664. The number of piperidine rings is 1. The van der Waals surface area contributed by atoms with E-state index < -0.39 is 0 Å². The molecule has 1 fully saturated rings. The standard InChI is InChI=1S/C25H31N5O/c1-17-5-4-6-24(28-17)31-25-21(9-10-23-22(25)8-7-18(2)29(23)3)19-15-27-30(16-19)20-11-13-26-14-12-20/h4-6,9-10,15-16,18,20,26H,7-8,11-14H2,1-3H3. The summed E-state index contributed by atoms with van der Waals surface area (Å²) in [4.78, 5) is 6.96. The maximum Gasteiger partial charge on any atom is 0.219 e. The van der Waals surface area contributed by atoms with Crippen molar-refractivity contribution < 1.29 is 4.74 Å². The Morgan fingerprint density at radius 1 is 1.10 bits per heavy atom. The molecule has 3 aromatic rings. The van der Waals surface area contributed by atoms with Gasteiger partial charge < -0.3 is 15.0 Å². The number of benzene rings is 1. The maximum atomic E-state index is 6.50. The number of rotatable bonds is 4. The molecule has 2 aromatic heterocycles. The molecule has 6 nitrogen and oxygen atoms in total. The Bertz CT molecular complexity index is 1070. The van der Waals surface area contributed by atoms with Crippen LogP contribution in [0.4, 0.5) is 5.69 Å². The van der Waals surface area contributed by atoms with Crippen molar-refractivity contribution in [3.8, 4) is 22.8 Å². The highest BCUT2D eigenvalue weighted by Gasteiger charge is 2.26. The minimum Gasteiger partial charge on any atom is -0.438 e. The molecular formula is C25H31N5O. The lowest BCUT2D eigenvalue weighted by Gasteiger charge is -2.35. The average molecular weight is 418 g/mol. The third-order valence-corrected chi connectivity index (χ3v) is 6.75. The van der Waals surface area contributed by atoms with E-state index >= 15 is 0 Å². The van der Waals surface area contributed by atoms with Crippen molar-refractivity contribution in [1.29, 1.82) is 0 Å². The Morgan fingerprint density at radius 2 is 1.94 bits per heavy atom. The number of hydrogen-bond acceptors (Lipinski definition) is 5. The number of aryl methyl sites for hydroxylation is 1. The van der Waals surface area contributed by atoms with Crippen LogP contribution in [-0.4, -0.2) is 40.9 Å². The molecule has 1 saturated heterocycles. The molecule has 0 saturated carbocycles. The summed E-state index contributed by atoms with van der Waals surface area (Å²) >= 11 is 0. The van der Waals surface area contributed by atoms with Crippen LogP contribution in [0.1, 0.15) is 43.5 Å². The maximum absolute atomic E-state index is 6.50. The fraction of sp³-hybridized carbons (Fsp3) is 0.440. The van der Waals surface area contributed by atoms with Gasteiger partial charge in [0, 0.05) is 53.4 Å². The van der Waals surface area contributed by atoms with Crippen molar-refractivity contribution in [2.75, 3.05) is 25.0 Å². The van der Waals surface area contributed by atoms with Crippen LogP contribution in [0.3, 0.4) is 0 Å². The molecule has 0 amide bonds. The molecular weight excluding hydrogens is 386 g/mol.